The van der Waals surface area contributed by atoms with Gasteiger partial charge < -0.3 is 14.7 Å². The van der Waals surface area contributed by atoms with E-state index in [-0.39, 0.29) is 30.1 Å². The highest BCUT2D eigenvalue weighted by Crippen LogP contribution is 2.22. The number of rotatable bonds is 7. The van der Waals surface area contributed by atoms with Crippen molar-refractivity contribution in [1.82, 2.24) is 14.3 Å². The standard InChI is InChI=1S/C16H17N3O5S2/c1-24-7-6-19(10-11-3-2-8-25-11)26(22,23)12-4-5-13-14(9-12)18-16(21)15(20)17-13/h2-5,8-9H,6-7,10H2,1H3,(H,17,20)(H,18,21). The van der Waals surface area contributed by atoms with E-state index in [1.165, 1.54) is 41.0 Å². The van der Waals surface area contributed by atoms with E-state index in [9.17, 15) is 18.0 Å². The molecule has 8 nitrogen and oxygen atoms in total. The third-order valence-electron chi connectivity index (χ3n) is 3.79. The number of fused-ring (bicyclic) bond motifs is 1. The Morgan fingerprint density at radius 1 is 1.12 bits per heavy atom. The first-order chi connectivity index (χ1) is 12.4. The second-order valence-corrected chi connectivity index (χ2v) is 8.50. The van der Waals surface area contributed by atoms with Crippen molar-refractivity contribution >= 4 is 32.4 Å². The first-order valence-electron chi connectivity index (χ1n) is 7.69. The van der Waals surface area contributed by atoms with Crippen molar-refractivity contribution in [3.8, 4) is 0 Å². The van der Waals surface area contributed by atoms with Gasteiger partial charge >= 0.3 is 11.1 Å². The lowest BCUT2D eigenvalue weighted by atomic mass is 10.3. The van der Waals surface area contributed by atoms with Crippen molar-refractivity contribution in [1.29, 1.82) is 0 Å². The third kappa shape index (κ3) is 3.78. The zero-order valence-electron chi connectivity index (χ0n) is 13.9. The minimum Gasteiger partial charge on any atom is -0.383 e. The lowest BCUT2D eigenvalue weighted by Gasteiger charge is -2.21. The summed E-state index contributed by atoms with van der Waals surface area (Å²) in [5.74, 6) is 0. The molecule has 2 heterocycles. The highest BCUT2D eigenvalue weighted by atomic mass is 32.2. The number of hydrogen-bond acceptors (Lipinski definition) is 6. The number of ether oxygens (including phenoxy) is 1. The zero-order chi connectivity index (χ0) is 18.7. The molecule has 0 unspecified atom stereocenters. The predicted octanol–water partition coefficient (Wildman–Crippen LogP) is 1.12. The van der Waals surface area contributed by atoms with E-state index in [0.29, 0.717) is 5.52 Å². The molecule has 2 aromatic heterocycles. The van der Waals surface area contributed by atoms with Crippen LogP contribution in [0.25, 0.3) is 11.0 Å². The largest absolute Gasteiger partial charge is 0.383 e. The van der Waals surface area contributed by atoms with Crippen LogP contribution in [0.2, 0.25) is 0 Å². The fourth-order valence-corrected chi connectivity index (χ4v) is 4.69. The van der Waals surface area contributed by atoms with Gasteiger partial charge in [-0.05, 0) is 29.6 Å². The Bertz CT molecular complexity index is 1120. The molecule has 3 aromatic rings. The molecule has 0 amide bonds. The van der Waals surface area contributed by atoms with Crippen LogP contribution in [0.1, 0.15) is 4.88 Å². The zero-order valence-corrected chi connectivity index (χ0v) is 15.5. The Morgan fingerprint density at radius 3 is 2.50 bits per heavy atom. The maximum Gasteiger partial charge on any atom is 0.314 e. The van der Waals surface area contributed by atoms with Crippen LogP contribution in [0.15, 0.2) is 50.2 Å². The van der Waals surface area contributed by atoms with E-state index < -0.39 is 21.1 Å². The summed E-state index contributed by atoms with van der Waals surface area (Å²) in [6.07, 6.45) is 0. The number of thiophene rings is 1. The number of nitrogens with zero attached hydrogens (tertiary/aromatic N) is 1. The van der Waals surface area contributed by atoms with Crippen LogP contribution in [-0.4, -0.2) is 43.0 Å². The third-order valence-corrected chi connectivity index (χ3v) is 6.49. The molecule has 1 aromatic carbocycles. The van der Waals surface area contributed by atoms with Crippen LogP contribution in [0, 0.1) is 0 Å². The number of aromatic amines is 2. The summed E-state index contributed by atoms with van der Waals surface area (Å²) in [7, 11) is -2.31. The second-order valence-electron chi connectivity index (χ2n) is 5.53. The van der Waals surface area contributed by atoms with Crippen molar-refractivity contribution < 1.29 is 13.2 Å². The normalized spacial score (nSPS) is 12.1. The molecule has 0 bridgehead atoms. The predicted molar refractivity (Wildman–Crippen MR) is 99.0 cm³/mol. The number of methoxy groups -OCH3 is 1. The van der Waals surface area contributed by atoms with Crippen LogP contribution in [0.5, 0.6) is 0 Å². The van der Waals surface area contributed by atoms with Gasteiger partial charge in [0.1, 0.15) is 0 Å². The minimum atomic E-state index is -3.82. The fourth-order valence-electron chi connectivity index (χ4n) is 2.46. The lowest BCUT2D eigenvalue weighted by Crippen LogP contribution is -2.33. The summed E-state index contributed by atoms with van der Waals surface area (Å²) in [5.41, 5.74) is -1.01. The van der Waals surface area contributed by atoms with Crippen molar-refractivity contribution in [2.75, 3.05) is 20.3 Å². The van der Waals surface area contributed by atoms with Gasteiger partial charge in [0.25, 0.3) is 0 Å². The lowest BCUT2D eigenvalue weighted by molar-refractivity contribution is 0.177. The number of H-pyrrole nitrogens is 2. The van der Waals surface area contributed by atoms with E-state index in [1.807, 2.05) is 17.5 Å². The van der Waals surface area contributed by atoms with Crippen LogP contribution in [-0.2, 0) is 21.3 Å². The van der Waals surface area contributed by atoms with Gasteiger partial charge in [-0.3, -0.25) is 9.59 Å². The number of hydrogen-bond donors (Lipinski definition) is 2. The number of sulfonamides is 1. The van der Waals surface area contributed by atoms with E-state index in [2.05, 4.69) is 9.97 Å². The Morgan fingerprint density at radius 2 is 1.85 bits per heavy atom. The Labute approximate surface area is 153 Å². The van der Waals surface area contributed by atoms with E-state index in [1.54, 1.807) is 0 Å². The highest BCUT2D eigenvalue weighted by Gasteiger charge is 2.25. The van der Waals surface area contributed by atoms with Gasteiger partial charge in [0.05, 0.1) is 22.5 Å². The maximum absolute atomic E-state index is 13.1. The van der Waals surface area contributed by atoms with Gasteiger partial charge in [-0.1, -0.05) is 6.07 Å². The smallest absolute Gasteiger partial charge is 0.314 e. The Hall–Kier alpha value is -2.27. The summed E-state index contributed by atoms with van der Waals surface area (Å²) in [6, 6.07) is 7.93. The topological polar surface area (TPSA) is 112 Å². The van der Waals surface area contributed by atoms with Gasteiger partial charge in [0, 0.05) is 25.1 Å². The molecule has 0 aliphatic rings. The molecule has 0 atom stereocenters. The molecule has 10 heteroatoms. The van der Waals surface area contributed by atoms with Gasteiger partial charge in [0.2, 0.25) is 10.0 Å². The number of aromatic nitrogens is 2. The monoisotopic (exact) mass is 395 g/mol. The molecule has 2 N–H and O–H groups in total. The quantitative estimate of drug-likeness (QED) is 0.582. The average molecular weight is 395 g/mol. The molecular weight excluding hydrogens is 378 g/mol. The SMILES string of the molecule is COCCN(Cc1cccs1)S(=O)(=O)c1ccc2[nH]c(=O)c(=O)[nH]c2c1. The van der Waals surface area contributed by atoms with Crippen molar-refractivity contribution in [2.24, 2.45) is 0 Å². The number of benzene rings is 1. The Kier molecular flexibility index (Phi) is 5.37. The van der Waals surface area contributed by atoms with E-state index in [0.717, 1.165) is 4.88 Å². The average Bonchev–Trinajstić information content (AvgIpc) is 3.12. The summed E-state index contributed by atoms with van der Waals surface area (Å²) >= 11 is 1.47. The molecule has 3 rings (SSSR count). The molecule has 0 saturated carbocycles. The number of nitrogens with one attached hydrogen (secondary N) is 2. The molecule has 0 radical (unpaired) electrons. The Balaban J connectivity index is 2.02. The fraction of sp³-hybridized carbons (Fsp3) is 0.250. The molecular formula is C16H17N3O5S2. The van der Waals surface area contributed by atoms with Gasteiger partial charge in [-0.25, -0.2) is 8.42 Å². The first-order valence-corrected chi connectivity index (χ1v) is 10.0. The molecule has 0 spiro atoms. The molecule has 0 aliphatic heterocycles. The van der Waals surface area contributed by atoms with Crippen molar-refractivity contribution in [3.05, 3.63) is 61.3 Å². The molecule has 0 saturated heterocycles. The minimum absolute atomic E-state index is 0.0281. The molecule has 0 fully saturated rings. The first kappa shape index (κ1) is 18.5. The molecule has 138 valence electrons. The second kappa shape index (κ2) is 7.54. The summed E-state index contributed by atoms with van der Waals surface area (Å²) < 4.78 is 32.5. The summed E-state index contributed by atoms with van der Waals surface area (Å²) in [5, 5.41) is 1.88. The van der Waals surface area contributed by atoms with Crippen LogP contribution >= 0.6 is 11.3 Å². The maximum atomic E-state index is 13.1. The van der Waals surface area contributed by atoms with Crippen LogP contribution < -0.4 is 11.1 Å². The van der Waals surface area contributed by atoms with Crippen LogP contribution in [0.4, 0.5) is 0 Å². The molecule has 26 heavy (non-hydrogen) atoms. The van der Waals surface area contributed by atoms with Crippen molar-refractivity contribution in [3.63, 3.8) is 0 Å². The van der Waals surface area contributed by atoms with E-state index in [4.69, 9.17) is 4.74 Å². The summed E-state index contributed by atoms with van der Waals surface area (Å²) in [6.45, 7) is 0.669. The van der Waals surface area contributed by atoms with Crippen molar-refractivity contribution in [2.45, 2.75) is 11.4 Å². The molecule has 0 aliphatic carbocycles. The van der Waals surface area contributed by atoms with E-state index >= 15 is 0 Å². The van der Waals surface area contributed by atoms with Gasteiger partial charge in [-0.2, -0.15) is 4.31 Å². The van der Waals surface area contributed by atoms with Gasteiger partial charge in [0.15, 0.2) is 0 Å². The summed E-state index contributed by atoms with van der Waals surface area (Å²) in [4.78, 5) is 28.6. The van der Waals surface area contributed by atoms with Gasteiger partial charge in [-0.15, -0.1) is 11.3 Å². The van der Waals surface area contributed by atoms with Crippen LogP contribution in [0.3, 0.4) is 0 Å². The highest BCUT2D eigenvalue weighted by molar-refractivity contribution is 7.89.